The highest BCUT2D eigenvalue weighted by Gasteiger charge is 2.78. The van der Waals surface area contributed by atoms with Crippen LogP contribution in [0.25, 0.3) is 0 Å². The van der Waals surface area contributed by atoms with Crippen LogP contribution in [0.5, 0.6) is 0 Å². The fourth-order valence-corrected chi connectivity index (χ4v) is 2.90. The molecular weight excluding hydrogens is 98.1 g/mol. The number of hydrogen-bond donors (Lipinski definition) is 0. The highest BCUT2D eigenvalue weighted by atomic mass is 15.4. The summed E-state index contributed by atoms with van der Waals surface area (Å²) in [5, 5.41) is 0. The van der Waals surface area contributed by atoms with Gasteiger partial charge < -0.3 is 0 Å². The summed E-state index contributed by atoms with van der Waals surface area (Å²) in [6.07, 6.45) is 4.57. The molecule has 0 aromatic heterocycles. The van der Waals surface area contributed by atoms with Crippen molar-refractivity contribution in [2.24, 2.45) is 5.92 Å². The molecule has 0 aromatic rings. The Morgan fingerprint density at radius 3 is 2.62 bits per heavy atom. The summed E-state index contributed by atoms with van der Waals surface area (Å²) in [7, 11) is 2.28. The van der Waals surface area contributed by atoms with E-state index in [1.807, 2.05) is 0 Å². The molecule has 2 saturated carbocycles. The van der Waals surface area contributed by atoms with Crippen molar-refractivity contribution in [1.82, 2.24) is 4.90 Å². The summed E-state index contributed by atoms with van der Waals surface area (Å²) in [4.78, 5) is 2.57. The molecule has 1 heteroatoms. The minimum Gasteiger partial charge on any atom is -0.294 e. The first-order chi connectivity index (χ1) is 3.86. The predicted molar refractivity (Wildman–Crippen MR) is 31.6 cm³/mol. The van der Waals surface area contributed by atoms with Crippen LogP contribution in [0, 0.1) is 5.92 Å². The highest BCUT2D eigenvalue weighted by Crippen LogP contribution is 2.71. The lowest BCUT2D eigenvalue weighted by atomic mass is 10.2. The first kappa shape index (κ1) is 3.89. The van der Waals surface area contributed by atoms with Crippen LogP contribution in [-0.4, -0.2) is 23.5 Å². The molecule has 4 unspecified atom stereocenters. The first-order valence-corrected chi connectivity index (χ1v) is 3.58. The van der Waals surface area contributed by atoms with Gasteiger partial charge in [0.2, 0.25) is 0 Å². The lowest BCUT2D eigenvalue weighted by molar-refractivity contribution is 0.494. The SMILES string of the molecule is CN1C2CCC3CC321. The van der Waals surface area contributed by atoms with E-state index in [0.29, 0.717) is 0 Å². The molecular formula is C7H11N. The van der Waals surface area contributed by atoms with Crippen LogP contribution in [0.1, 0.15) is 19.3 Å². The average molecular weight is 109 g/mol. The van der Waals surface area contributed by atoms with Crippen LogP contribution in [-0.2, 0) is 0 Å². The summed E-state index contributed by atoms with van der Waals surface area (Å²) < 4.78 is 0. The molecule has 2 aliphatic carbocycles. The second-order valence-electron chi connectivity index (χ2n) is 3.60. The maximum atomic E-state index is 2.57. The third-order valence-corrected chi connectivity index (χ3v) is 3.54. The van der Waals surface area contributed by atoms with Crippen molar-refractivity contribution in [2.45, 2.75) is 30.8 Å². The molecule has 1 heterocycles. The number of nitrogens with zero attached hydrogens (tertiary/aromatic N) is 1. The number of rotatable bonds is 0. The van der Waals surface area contributed by atoms with Gasteiger partial charge in [0.1, 0.15) is 0 Å². The third-order valence-electron chi connectivity index (χ3n) is 3.54. The summed E-state index contributed by atoms with van der Waals surface area (Å²) in [6, 6.07) is 1.03. The van der Waals surface area contributed by atoms with Gasteiger partial charge in [-0.3, -0.25) is 4.90 Å². The molecule has 0 amide bonds. The smallest absolute Gasteiger partial charge is 0.0397 e. The number of likely N-dealkylation sites (tertiary alicyclic amines) is 1. The second kappa shape index (κ2) is 0.766. The minimum absolute atomic E-state index is 0.819. The van der Waals surface area contributed by atoms with Crippen LogP contribution >= 0.6 is 0 Å². The Hall–Kier alpha value is -0.0400. The molecule has 44 valence electrons. The van der Waals surface area contributed by atoms with Gasteiger partial charge in [0, 0.05) is 11.6 Å². The van der Waals surface area contributed by atoms with E-state index >= 15 is 0 Å². The number of likely N-dealkylation sites (N-methyl/N-ethyl adjacent to an activating group) is 1. The van der Waals surface area contributed by atoms with Gasteiger partial charge in [-0.25, -0.2) is 0 Å². The van der Waals surface area contributed by atoms with Crippen molar-refractivity contribution in [3.05, 3.63) is 0 Å². The number of piperidine rings is 1. The third kappa shape index (κ3) is 0.188. The van der Waals surface area contributed by atoms with Crippen LogP contribution < -0.4 is 0 Å². The van der Waals surface area contributed by atoms with Gasteiger partial charge in [-0.05, 0) is 32.2 Å². The van der Waals surface area contributed by atoms with Gasteiger partial charge in [0.05, 0.1) is 0 Å². The van der Waals surface area contributed by atoms with Crippen molar-refractivity contribution in [2.75, 3.05) is 7.05 Å². The lowest BCUT2D eigenvalue weighted by Crippen LogP contribution is -1.97. The normalized spacial score (nSPS) is 73.9. The van der Waals surface area contributed by atoms with E-state index < -0.39 is 0 Å². The zero-order chi connectivity index (χ0) is 5.35. The van der Waals surface area contributed by atoms with E-state index in [-0.39, 0.29) is 0 Å². The van der Waals surface area contributed by atoms with Crippen LogP contribution in [0.2, 0.25) is 0 Å². The maximum Gasteiger partial charge on any atom is 0.0397 e. The zero-order valence-electron chi connectivity index (χ0n) is 5.22. The maximum absolute atomic E-state index is 2.57. The van der Waals surface area contributed by atoms with E-state index in [1.165, 1.54) is 19.3 Å². The lowest BCUT2D eigenvalue weighted by Gasteiger charge is -1.94. The highest BCUT2D eigenvalue weighted by molar-refractivity contribution is 5.33. The molecule has 1 saturated heterocycles. The van der Waals surface area contributed by atoms with Crippen molar-refractivity contribution in [3.8, 4) is 0 Å². The van der Waals surface area contributed by atoms with Crippen molar-refractivity contribution >= 4 is 0 Å². The summed E-state index contributed by atoms with van der Waals surface area (Å²) in [5.74, 6) is 1.14. The molecule has 3 rings (SSSR count). The zero-order valence-corrected chi connectivity index (χ0v) is 5.22. The van der Waals surface area contributed by atoms with Crippen molar-refractivity contribution in [1.29, 1.82) is 0 Å². The van der Waals surface area contributed by atoms with Crippen LogP contribution in [0.4, 0.5) is 0 Å². The molecule has 0 radical (unpaired) electrons. The summed E-state index contributed by atoms with van der Waals surface area (Å²) in [6.45, 7) is 0. The van der Waals surface area contributed by atoms with Crippen molar-refractivity contribution in [3.63, 3.8) is 0 Å². The molecule has 8 heavy (non-hydrogen) atoms. The quantitative estimate of drug-likeness (QED) is 0.417. The summed E-state index contributed by atoms with van der Waals surface area (Å²) >= 11 is 0. The van der Waals surface area contributed by atoms with E-state index in [0.717, 1.165) is 17.5 Å². The minimum atomic E-state index is 0.819. The monoisotopic (exact) mass is 109 g/mol. The van der Waals surface area contributed by atoms with Crippen LogP contribution in [0.3, 0.4) is 0 Å². The molecule has 0 N–H and O–H groups in total. The molecule has 4 atom stereocenters. The van der Waals surface area contributed by atoms with Gasteiger partial charge >= 0.3 is 0 Å². The Labute approximate surface area is 49.7 Å². The standard InChI is InChI=1S/C7H11N/c1-8-6-3-2-5-4-7(5,6)8/h5-6H,2-4H2,1H3. The van der Waals surface area contributed by atoms with Crippen molar-refractivity contribution < 1.29 is 0 Å². The Balaban J connectivity index is 2.05. The molecule has 1 nitrogen and oxygen atoms in total. The van der Waals surface area contributed by atoms with Crippen LogP contribution in [0.15, 0.2) is 0 Å². The number of hydrogen-bond acceptors (Lipinski definition) is 1. The largest absolute Gasteiger partial charge is 0.294 e. The Bertz CT molecular complexity index is 150. The topological polar surface area (TPSA) is 3.01 Å². The van der Waals surface area contributed by atoms with E-state index in [2.05, 4.69) is 11.9 Å². The Morgan fingerprint density at radius 1 is 1.50 bits per heavy atom. The fourth-order valence-electron chi connectivity index (χ4n) is 2.90. The summed E-state index contributed by atoms with van der Waals surface area (Å²) in [5.41, 5.74) is 0.819. The average Bonchev–Trinajstić information content (AvgIpc) is 2.55. The van der Waals surface area contributed by atoms with E-state index in [1.54, 1.807) is 0 Å². The fraction of sp³-hybridized carbons (Fsp3) is 1.00. The van der Waals surface area contributed by atoms with Gasteiger partial charge in [0.25, 0.3) is 0 Å². The predicted octanol–water partition coefficient (Wildman–Crippen LogP) is 0.853. The molecule has 3 aliphatic rings. The molecule has 0 bridgehead atoms. The molecule has 1 aliphatic heterocycles. The Morgan fingerprint density at radius 2 is 2.38 bits per heavy atom. The van der Waals surface area contributed by atoms with Gasteiger partial charge in [0.15, 0.2) is 0 Å². The van der Waals surface area contributed by atoms with Gasteiger partial charge in [-0.2, -0.15) is 0 Å². The first-order valence-electron chi connectivity index (χ1n) is 3.58. The van der Waals surface area contributed by atoms with E-state index in [9.17, 15) is 0 Å². The Kier molecular flexibility index (Phi) is 0.372. The molecule has 1 spiro atoms. The molecule has 0 aromatic carbocycles. The van der Waals surface area contributed by atoms with E-state index in [4.69, 9.17) is 0 Å². The molecule has 3 fully saturated rings. The second-order valence-corrected chi connectivity index (χ2v) is 3.60. The van der Waals surface area contributed by atoms with Gasteiger partial charge in [-0.15, -0.1) is 0 Å². The van der Waals surface area contributed by atoms with Gasteiger partial charge in [-0.1, -0.05) is 0 Å².